The fourth-order valence-corrected chi connectivity index (χ4v) is 2.66. The molecule has 0 aliphatic rings. The van der Waals surface area contributed by atoms with Gasteiger partial charge in [0.15, 0.2) is 0 Å². The Hall–Kier alpha value is -1.19. The van der Waals surface area contributed by atoms with Gasteiger partial charge in [-0.15, -0.1) is 13.2 Å². The quantitative estimate of drug-likeness (QED) is 0.401. The van der Waals surface area contributed by atoms with Crippen LogP contribution in [0, 0.1) is 27.7 Å². The van der Waals surface area contributed by atoms with Crippen molar-refractivity contribution in [3.63, 3.8) is 0 Å². The van der Waals surface area contributed by atoms with Gasteiger partial charge >= 0.3 is 35.6 Å². The van der Waals surface area contributed by atoms with Crippen LogP contribution >= 0.6 is 18.6 Å². The first-order chi connectivity index (χ1) is 12.7. The normalized spacial score (nSPS) is 9.26. The minimum absolute atomic E-state index is 0.405. The van der Waals surface area contributed by atoms with Gasteiger partial charge in [-0.3, -0.25) is 0 Å². The number of phenolic OH excluding ortho intramolecular Hbond substituents is 2. The number of hydrogen-bond acceptors (Lipinski definition) is 2. The van der Waals surface area contributed by atoms with E-state index in [2.05, 4.69) is 13.2 Å². The van der Waals surface area contributed by atoms with Crippen molar-refractivity contribution in [2.45, 2.75) is 40.5 Å². The molecular weight excluding hydrogens is 415 g/mol. The predicted molar refractivity (Wildman–Crippen MR) is 115 cm³/mol. The molecule has 0 amide bonds. The van der Waals surface area contributed by atoms with Crippen LogP contribution in [0.2, 0.25) is 0 Å². The van der Waals surface area contributed by atoms with Gasteiger partial charge in [-0.05, 0) is 73.9 Å². The van der Waals surface area contributed by atoms with Crippen LogP contribution in [-0.4, -0.2) is 10.2 Å². The van der Waals surface area contributed by atoms with E-state index in [9.17, 15) is 10.2 Å². The van der Waals surface area contributed by atoms with E-state index in [4.69, 9.17) is 18.6 Å². The molecule has 0 aliphatic heterocycles. The molecule has 0 saturated heterocycles. The monoisotopic (exact) mass is 442 g/mol. The van der Waals surface area contributed by atoms with Gasteiger partial charge in [-0.1, -0.05) is 36.4 Å². The topological polar surface area (TPSA) is 40.5 Å². The van der Waals surface area contributed by atoms with Crippen LogP contribution in [0.5, 0.6) is 11.5 Å². The maximum absolute atomic E-state index is 9.47. The summed E-state index contributed by atoms with van der Waals surface area (Å²) in [5, 5.41) is 18.9. The van der Waals surface area contributed by atoms with Crippen molar-refractivity contribution in [1.29, 1.82) is 0 Å². The first-order valence-electron chi connectivity index (χ1n) is 8.47. The average Bonchev–Trinajstić information content (AvgIpc) is 2.59. The molecule has 0 fully saturated rings. The molecule has 0 atom stereocenters. The Bertz CT molecular complexity index is 648. The summed E-state index contributed by atoms with van der Waals surface area (Å²) in [4.78, 5) is 0. The second-order valence-corrected chi connectivity index (χ2v) is 8.79. The first-order valence-corrected chi connectivity index (χ1v) is 12.8. The van der Waals surface area contributed by atoms with Crippen LogP contribution in [0.3, 0.4) is 0 Å². The summed E-state index contributed by atoms with van der Waals surface area (Å²) in [6, 6.07) is 7.96. The summed E-state index contributed by atoms with van der Waals surface area (Å²) >= 11 is -0.556. The summed E-state index contributed by atoms with van der Waals surface area (Å²) in [7, 11) is 9.78. The molecule has 0 spiro atoms. The van der Waals surface area contributed by atoms with Crippen molar-refractivity contribution < 1.29 is 27.2 Å². The van der Waals surface area contributed by atoms with Crippen LogP contribution in [0.1, 0.15) is 33.4 Å². The predicted octanol–water partition coefficient (Wildman–Crippen LogP) is 6.85. The minimum atomic E-state index is -0.556. The molecule has 0 bridgehead atoms. The van der Waals surface area contributed by atoms with Crippen LogP contribution in [-0.2, 0) is 29.9 Å². The van der Waals surface area contributed by atoms with Crippen LogP contribution in [0.4, 0.5) is 0 Å². The fraction of sp³-hybridized carbons (Fsp3) is 0.273. The molecule has 2 nitrogen and oxygen atoms in total. The average molecular weight is 443 g/mol. The maximum atomic E-state index is 9.47. The molecule has 0 radical (unpaired) electrons. The second-order valence-electron chi connectivity index (χ2n) is 6.21. The van der Waals surface area contributed by atoms with Gasteiger partial charge in [0.2, 0.25) is 0 Å². The van der Waals surface area contributed by atoms with Gasteiger partial charge in [-0.25, -0.2) is 0 Å². The molecule has 0 aromatic heterocycles. The Morgan fingerprint density at radius 2 is 0.963 bits per heavy atom. The molecule has 2 aromatic rings. The summed E-state index contributed by atoms with van der Waals surface area (Å²) < 4.78 is 0. The third-order valence-corrected chi connectivity index (χ3v) is 3.86. The number of hydrogen-bond donors (Lipinski definition) is 2. The number of aryl methyl sites for hydroxylation is 4. The van der Waals surface area contributed by atoms with Gasteiger partial charge in [0, 0.05) is 0 Å². The Balaban J connectivity index is 0.000000438. The first kappa shape index (κ1) is 25.8. The molecule has 5 heteroatoms. The molecule has 2 aromatic carbocycles. The van der Waals surface area contributed by atoms with Crippen molar-refractivity contribution in [2.24, 2.45) is 0 Å². The Kier molecular flexibility index (Phi) is 13.3. The van der Waals surface area contributed by atoms with Gasteiger partial charge in [-0.2, -0.15) is 0 Å². The molecule has 0 unspecified atom stereocenters. The molecule has 2 N–H and O–H groups in total. The Morgan fingerprint density at radius 3 is 1.15 bits per heavy atom. The molecule has 0 saturated carbocycles. The van der Waals surface area contributed by atoms with Crippen LogP contribution < -0.4 is 0 Å². The van der Waals surface area contributed by atoms with E-state index in [-0.39, 0.29) is 0 Å². The van der Waals surface area contributed by atoms with Gasteiger partial charge in [0.25, 0.3) is 0 Å². The molecule has 0 aliphatic carbocycles. The van der Waals surface area contributed by atoms with E-state index in [1.54, 1.807) is 0 Å². The zero-order valence-electron chi connectivity index (χ0n) is 16.4. The third-order valence-electron chi connectivity index (χ3n) is 3.86. The summed E-state index contributed by atoms with van der Waals surface area (Å²) in [5.41, 5.74) is 6.16. The number of rotatable bonds is 4. The fourth-order valence-electron chi connectivity index (χ4n) is 2.66. The SMILES string of the molecule is C=CCc1cc(C)c(O)c(C)c1.C=CCc1cc(C)c(O)c(C)c1.[Cl][Ti][Cl]. The molecule has 27 heavy (non-hydrogen) atoms. The standard InChI is InChI=1S/2C11H14O.2ClH.Ti/c2*1-4-5-10-6-8(2)11(12)9(3)7-10;;;/h2*4,6-7,12H,1,5H2,2-3H3;2*1H;/q;;;;+2/p-2. The van der Waals surface area contributed by atoms with E-state index in [1.807, 2.05) is 64.1 Å². The zero-order valence-corrected chi connectivity index (χ0v) is 19.5. The van der Waals surface area contributed by atoms with E-state index in [0.717, 1.165) is 35.1 Å². The summed E-state index contributed by atoms with van der Waals surface area (Å²) in [5.74, 6) is 0.811. The summed E-state index contributed by atoms with van der Waals surface area (Å²) in [6.07, 6.45) is 5.46. The van der Waals surface area contributed by atoms with E-state index >= 15 is 0 Å². The molecule has 0 heterocycles. The molecule has 146 valence electrons. The number of aromatic hydroxyl groups is 2. The zero-order chi connectivity index (χ0) is 21.0. The Morgan fingerprint density at radius 1 is 0.741 bits per heavy atom. The Labute approximate surface area is 180 Å². The number of halogens is 2. The third kappa shape index (κ3) is 9.53. The van der Waals surface area contributed by atoms with E-state index in [0.29, 0.717) is 11.5 Å². The number of phenols is 2. The van der Waals surface area contributed by atoms with Crippen molar-refractivity contribution in [3.8, 4) is 11.5 Å². The molecular formula is C22H28Cl2O2Ti. The van der Waals surface area contributed by atoms with Gasteiger partial charge < -0.3 is 10.2 Å². The van der Waals surface area contributed by atoms with Crippen LogP contribution in [0.15, 0.2) is 49.6 Å². The van der Waals surface area contributed by atoms with Gasteiger partial charge in [0.05, 0.1) is 0 Å². The molecule has 2 rings (SSSR count). The van der Waals surface area contributed by atoms with Crippen molar-refractivity contribution >= 4 is 18.6 Å². The number of allylic oxidation sites excluding steroid dienone is 2. The van der Waals surface area contributed by atoms with Crippen molar-refractivity contribution in [3.05, 3.63) is 83.0 Å². The van der Waals surface area contributed by atoms with Crippen molar-refractivity contribution in [1.82, 2.24) is 0 Å². The van der Waals surface area contributed by atoms with Crippen molar-refractivity contribution in [2.75, 3.05) is 0 Å². The van der Waals surface area contributed by atoms with E-state index < -0.39 is 17.0 Å². The van der Waals surface area contributed by atoms with Crippen LogP contribution in [0.25, 0.3) is 0 Å². The number of benzene rings is 2. The van der Waals surface area contributed by atoms with Gasteiger partial charge in [0.1, 0.15) is 11.5 Å². The second kappa shape index (κ2) is 13.9. The summed E-state index contributed by atoms with van der Waals surface area (Å²) in [6.45, 7) is 15.0. The van der Waals surface area contributed by atoms with E-state index in [1.165, 1.54) is 11.1 Å².